The summed E-state index contributed by atoms with van der Waals surface area (Å²) < 4.78 is 0. The van der Waals surface area contributed by atoms with Gasteiger partial charge in [0.25, 0.3) is 0 Å². The fourth-order valence-electron chi connectivity index (χ4n) is 3.50. The van der Waals surface area contributed by atoms with Crippen LogP contribution in [0.2, 0.25) is 0 Å². The first-order valence-electron chi connectivity index (χ1n) is 7.32. The SMILES string of the molecule is CCN(CC)C1(CC(=O)O)CCCC(C)(C)CC1. The third-order valence-corrected chi connectivity index (χ3v) is 4.68. The number of hydrogen-bond donors (Lipinski definition) is 1. The van der Waals surface area contributed by atoms with Crippen molar-refractivity contribution in [1.29, 1.82) is 0 Å². The molecule has 1 atom stereocenters. The molecule has 0 heterocycles. The third kappa shape index (κ3) is 3.71. The van der Waals surface area contributed by atoms with Gasteiger partial charge in [-0.05, 0) is 44.2 Å². The Morgan fingerprint density at radius 2 is 1.72 bits per heavy atom. The number of hydrogen-bond acceptors (Lipinski definition) is 2. The number of carboxylic acid groups (broad SMARTS) is 1. The minimum Gasteiger partial charge on any atom is -0.481 e. The number of rotatable bonds is 5. The second-order valence-electron chi connectivity index (χ2n) is 6.48. The lowest BCUT2D eigenvalue weighted by molar-refractivity contribution is -0.141. The largest absolute Gasteiger partial charge is 0.481 e. The Morgan fingerprint density at radius 1 is 1.11 bits per heavy atom. The van der Waals surface area contributed by atoms with E-state index in [-0.39, 0.29) is 5.54 Å². The van der Waals surface area contributed by atoms with Gasteiger partial charge < -0.3 is 5.11 Å². The maximum absolute atomic E-state index is 11.3. The molecule has 0 radical (unpaired) electrons. The van der Waals surface area contributed by atoms with Gasteiger partial charge in [-0.25, -0.2) is 0 Å². The monoisotopic (exact) mass is 255 g/mol. The summed E-state index contributed by atoms with van der Waals surface area (Å²) in [4.78, 5) is 13.6. The third-order valence-electron chi connectivity index (χ3n) is 4.68. The fourth-order valence-corrected chi connectivity index (χ4v) is 3.50. The highest BCUT2D eigenvalue weighted by Crippen LogP contribution is 2.42. The Kier molecular flexibility index (Phi) is 5.20. The highest BCUT2D eigenvalue weighted by atomic mass is 16.4. The zero-order valence-electron chi connectivity index (χ0n) is 12.5. The predicted molar refractivity (Wildman–Crippen MR) is 74.8 cm³/mol. The summed E-state index contributed by atoms with van der Waals surface area (Å²) in [6, 6.07) is 0. The Labute approximate surface area is 112 Å². The lowest BCUT2D eigenvalue weighted by atomic mass is 9.81. The van der Waals surface area contributed by atoms with E-state index in [1.54, 1.807) is 0 Å². The molecule has 18 heavy (non-hydrogen) atoms. The van der Waals surface area contributed by atoms with E-state index in [1.807, 2.05) is 0 Å². The minimum absolute atomic E-state index is 0.108. The molecule has 0 spiro atoms. The van der Waals surface area contributed by atoms with Gasteiger partial charge >= 0.3 is 5.97 Å². The second-order valence-corrected chi connectivity index (χ2v) is 6.48. The first-order valence-corrected chi connectivity index (χ1v) is 7.32. The standard InChI is InChI=1S/C15H29NO2/c1-5-16(6-2)15(12-13(17)18)9-7-8-14(3,4)10-11-15/h5-12H2,1-4H3,(H,17,18). The molecule has 0 bridgehead atoms. The molecule has 3 heteroatoms. The first-order chi connectivity index (χ1) is 8.35. The summed E-state index contributed by atoms with van der Waals surface area (Å²) in [5.74, 6) is -0.651. The van der Waals surface area contributed by atoms with E-state index in [9.17, 15) is 9.90 Å². The summed E-state index contributed by atoms with van der Waals surface area (Å²) >= 11 is 0. The van der Waals surface area contributed by atoms with Crippen LogP contribution in [0.5, 0.6) is 0 Å². The topological polar surface area (TPSA) is 40.5 Å². The Morgan fingerprint density at radius 3 is 2.22 bits per heavy atom. The van der Waals surface area contributed by atoms with Crippen LogP contribution >= 0.6 is 0 Å². The van der Waals surface area contributed by atoms with Crippen molar-refractivity contribution in [3.63, 3.8) is 0 Å². The predicted octanol–water partition coefficient (Wildman–Crippen LogP) is 3.53. The molecule has 0 aromatic heterocycles. The van der Waals surface area contributed by atoms with E-state index in [0.717, 1.165) is 38.8 Å². The van der Waals surface area contributed by atoms with E-state index in [4.69, 9.17) is 0 Å². The molecule has 1 N–H and O–H groups in total. The minimum atomic E-state index is -0.651. The Balaban J connectivity index is 2.93. The van der Waals surface area contributed by atoms with Crippen LogP contribution in [0.4, 0.5) is 0 Å². The highest BCUT2D eigenvalue weighted by molar-refractivity contribution is 5.68. The van der Waals surface area contributed by atoms with Crippen molar-refractivity contribution in [3.8, 4) is 0 Å². The van der Waals surface area contributed by atoms with Gasteiger partial charge in [-0.15, -0.1) is 0 Å². The van der Waals surface area contributed by atoms with Crippen molar-refractivity contribution in [2.75, 3.05) is 13.1 Å². The first kappa shape index (κ1) is 15.5. The van der Waals surface area contributed by atoms with Crippen LogP contribution in [0, 0.1) is 5.41 Å². The normalized spacial score (nSPS) is 28.1. The lowest BCUT2D eigenvalue weighted by Gasteiger charge is -2.42. The van der Waals surface area contributed by atoms with Crippen molar-refractivity contribution in [3.05, 3.63) is 0 Å². The molecule has 0 aromatic rings. The zero-order chi connectivity index (χ0) is 13.8. The van der Waals surface area contributed by atoms with Gasteiger partial charge in [-0.2, -0.15) is 0 Å². The van der Waals surface area contributed by atoms with Gasteiger partial charge in [0.1, 0.15) is 0 Å². The van der Waals surface area contributed by atoms with Gasteiger partial charge in [0.15, 0.2) is 0 Å². The quantitative estimate of drug-likeness (QED) is 0.764. The molecule has 1 aliphatic carbocycles. The van der Waals surface area contributed by atoms with Crippen LogP contribution in [0.1, 0.15) is 66.2 Å². The number of aliphatic carboxylic acids is 1. The van der Waals surface area contributed by atoms with Crippen LogP contribution in [0.3, 0.4) is 0 Å². The number of nitrogens with zero attached hydrogens (tertiary/aromatic N) is 1. The van der Waals surface area contributed by atoms with E-state index < -0.39 is 5.97 Å². The van der Waals surface area contributed by atoms with Crippen LogP contribution in [0.15, 0.2) is 0 Å². The fraction of sp³-hybridized carbons (Fsp3) is 0.933. The molecule has 0 amide bonds. The van der Waals surface area contributed by atoms with Crippen LogP contribution in [-0.2, 0) is 4.79 Å². The molecule has 1 saturated carbocycles. The average molecular weight is 255 g/mol. The molecule has 1 fully saturated rings. The van der Waals surface area contributed by atoms with Crippen molar-refractivity contribution in [2.24, 2.45) is 5.41 Å². The van der Waals surface area contributed by atoms with Gasteiger partial charge in [0.05, 0.1) is 6.42 Å². The number of carboxylic acids is 1. The lowest BCUT2D eigenvalue weighted by Crippen LogP contribution is -2.49. The van der Waals surface area contributed by atoms with Gasteiger partial charge in [-0.3, -0.25) is 9.69 Å². The van der Waals surface area contributed by atoms with Crippen molar-refractivity contribution >= 4 is 5.97 Å². The molecule has 0 aliphatic heterocycles. The maximum Gasteiger partial charge on any atom is 0.305 e. The second kappa shape index (κ2) is 6.05. The van der Waals surface area contributed by atoms with E-state index in [1.165, 1.54) is 6.42 Å². The Bertz CT molecular complexity index is 284. The molecule has 1 rings (SSSR count). The molecule has 1 aliphatic rings. The molecule has 0 saturated heterocycles. The molecule has 0 aromatic carbocycles. The molecule has 1 unspecified atom stereocenters. The van der Waals surface area contributed by atoms with E-state index >= 15 is 0 Å². The van der Waals surface area contributed by atoms with Gasteiger partial charge in [-0.1, -0.05) is 34.1 Å². The highest BCUT2D eigenvalue weighted by Gasteiger charge is 2.40. The maximum atomic E-state index is 11.3. The molecule has 3 nitrogen and oxygen atoms in total. The number of carbonyl (C=O) groups is 1. The smallest absolute Gasteiger partial charge is 0.305 e. The molecular weight excluding hydrogens is 226 g/mol. The Hall–Kier alpha value is -0.570. The van der Waals surface area contributed by atoms with E-state index in [2.05, 4.69) is 32.6 Å². The van der Waals surface area contributed by atoms with E-state index in [0.29, 0.717) is 11.8 Å². The summed E-state index contributed by atoms with van der Waals surface area (Å²) in [6.45, 7) is 10.8. The summed E-state index contributed by atoms with van der Waals surface area (Å²) in [5, 5.41) is 9.27. The van der Waals surface area contributed by atoms with Crippen molar-refractivity contribution < 1.29 is 9.90 Å². The summed E-state index contributed by atoms with van der Waals surface area (Å²) in [7, 11) is 0. The van der Waals surface area contributed by atoms with Gasteiger partial charge in [0.2, 0.25) is 0 Å². The summed E-state index contributed by atoms with van der Waals surface area (Å²) in [5.41, 5.74) is 0.260. The zero-order valence-corrected chi connectivity index (χ0v) is 12.5. The van der Waals surface area contributed by atoms with Gasteiger partial charge in [0, 0.05) is 5.54 Å². The average Bonchev–Trinajstić information content (AvgIpc) is 2.40. The van der Waals surface area contributed by atoms with Crippen molar-refractivity contribution in [1.82, 2.24) is 4.90 Å². The molecular formula is C15H29NO2. The van der Waals surface area contributed by atoms with Crippen LogP contribution < -0.4 is 0 Å². The summed E-state index contributed by atoms with van der Waals surface area (Å²) in [6.07, 6.45) is 5.85. The van der Waals surface area contributed by atoms with Crippen LogP contribution in [0.25, 0.3) is 0 Å². The molecule has 106 valence electrons. The van der Waals surface area contributed by atoms with Crippen LogP contribution in [-0.4, -0.2) is 34.6 Å². The van der Waals surface area contributed by atoms with Crippen molar-refractivity contribution in [2.45, 2.75) is 71.8 Å².